The largest absolute Gasteiger partial charge is 0.318 e. The van der Waals surface area contributed by atoms with Crippen molar-refractivity contribution in [2.24, 2.45) is 0 Å². The maximum atomic E-state index is 13.1. The molecule has 2 heterocycles. The predicted octanol–water partition coefficient (Wildman–Crippen LogP) is 5.38. The normalized spacial score (nSPS) is 15.1. The number of thioether (sulfide) groups is 1. The molecular weight excluding hydrogens is 433 g/mol. The van der Waals surface area contributed by atoms with E-state index in [4.69, 9.17) is 0 Å². The first-order valence-electron chi connectivity index (χ1n) is 9.68. The van der Waals surface area contributed by atoms with Gasteiger partial charge in [0.2, 0.25) is 0 Å². The zero-order chi connectivity index (χ0) is 23.0. The number of carbonyl (C=O) groups is 2. The Hall–Kier alpha value is -3.72. The minimum atomic E-state index is -0.452. The van der Waals surface area contributed by atoms with Crippen molar-refractivity contribution >= 4 is 34.7 Å². The van der Waals surface area contributed by atoms with Crippen LogP contribution in [0.25, 0.3) is 11.8 Å². The number of aryl methyl sites for hydroxylation is 1. The summed E-state index contributed by atoms with van der Waals surface area (Å²) in [5.74, 6) is -0.782. The summed E-state index contributed by atoms with van der Waals surface area (Å²) in [4.78, 5) is 37.1. The number of hydrogen-bond acceptors (Lipinski definition) is 5. The second kappa shape index (κ2) is 8.43. The minimum Gasteiger partial charge on any atom is -0.318 e. The summed E-state index contributed by atoms with van der Waals surface area (Å²) < 4.78 is 15.0. The second-order valence-electron chi connectivity index (χ2n) is 7.33. The average Bonchev–Trinajstić information content (AvgIpc) is 3.19. The van der Waals surface area contributed by atoms with E-state index < -0.39 is 10.8 Å². The van der Waals surface area contributed by atoms with Gasteiger partial charge in [0.25, 0.3) is 16.8 Å². The number of amides is 2. The highest BCUT2D eigenvalue weighted by atomic mass is 32.2. The Kier molecular flexibility index (Phi) is 5.67. The lowest BCUT2D eigenvalue weighted by Crippen LogP contribution is -2.27. The van der Waals surface area contributed by atoms with Gasteiger partial charge in [0, 0.05) is 29.2 Å². The van der Waals surface area contributed by atoms with Gasteiger partial charge < -0.3 is 4.57 Å². The molecule has 1 aliphatic heterocycles. The van der Waals surface area contributed by atoms with Crippen molar-refractivity contribution in [3.05, 3.63) is 97.9 Å². The van der Waals surface area contributed by atoms with E-state index in [1.807, 2.05) is 24.5 Å². The SMILES string of the molecule is Cc1cc(/C=C2\SC(=O)N(Cc3ccc(F)cc3)C2=O)c(C)n1-c1ccc([N+](=O)[O-])cc1. The van der Waals surface area contributed by atoms with E-state index in [9.17, 15) is 24.1 Å². The standard InChI is InChI=1S/C23H18FN3O4S/c1-14-11-17(15(2)26(14)19-7-9-20(10-8-19)27(30)31)12-21-22(28)25(23(29)32-21)13-16-3-5-18(24)6-4-16/h3-12H,13H2,1-2H3/b21-12-. The van der Waals surface area contributed by atoms with Gasteiger partial charge in [-0.15, -0.1) is 0 Å². The monoisotopic (exact) mass is 451 g/mol. The van der Waals surface area contributed by atoms with E-state index in [0.29, 0.717) is 10.5 Å². The molecule has 1 fully saturated rings. The molecule has 1 aliphatic rings. The lowest BCUT2D eigenvalue weighted by molar-refractivity contribution is -0.384. The van der Waals surface area contributed by atoms with Crippen molar-refractivity contribution in [1.29, 1.82) is 0 Å². The summed E-state index contributed by atoms with van der Waals surface area (Å²) in [6.07, 6.45) is 1.68. The number of aromatic nitrogens is 1. The maximum absolute atomic E-state index is 13.1. The Morgan fingerprint density at radius 3 is 2.34 bits per heavy atom. The van der Waals surface area contributed by atoms with Gasteiger partial charge in [0.05, 0.1) is 16.4 Å². The topological polar surface area (TPSA) is 85.5 Å². The Labute approximate surface area is 187 Å². The number of carbonyl (C=O) groups excluding carboxylic acids is 2. The molecule has 32 heavy (non-hydrogen) atoms. The Morgan fingerprint density at radius 2 is 1.72 bits per heavy atom. The Balaban J connectivity index is 1.61. The number of nitrogens with zero attached hydrogens (tertiary/aromatic N) is 3. The minimum absolute atomic E-state index is 0.00580. The van der Waals surface area contributed by atoms with E-state index in [1.54, 1.807) is 30.3 Å². The van der Waals surface area contributed by atoms with Crippen LogP contribution in [0.3, 0.4) is 0 Å². The molecule has 7 nitrogen and oxygen atoms in total. The van der Waals surface area contributed by atoms with Crippen LogP contribution in [0.15, 0.2) is 59.5 Å². The number of hydrogen-bond donors (Lipinski definition) is 0. The molecule has 0 unspecified atom stereocenters. The van der Waals surface area contributed by atoms with Crippen molar-refractivity contribution in [3.8, 4) is 5.69 Å². The molecule has 2 aromatic carbocycles. The molecular formula is C23H18FN3O4S. The highest BCUT2D eigenvalue weighted by Gasteiger charge is 2.35. The lowest BCUT2D eigenvalue weighted by Gasteiger charge is -2.12. The molecule has 4 rings (SSSR count). The first-order chi connectivity index (χ1) is 15.2. The van der Waals surface area contributed by atoms with Crippen LogP contribution in [0.4, 0.5) is 14.9 Å². The molecule has 1 saturated heterocycles. The van der Waals surface area contributed by atoms with Gasteiger partial charge in [-0.2, -0.15) is 0 Å². The van der Waals surface area contributed by atoms with Crippen molar-refractivity contribution in [2.45, 2.75) is 20.4 Å². The van der Waals surface area contributed by atoms with Gasteiger partial charge in [-0.3, -0.25) is 24.6 Å². The molecule has 0 spiro atoms. The van der Waals surface area contributed by atoms with E-state index in [-0.39, 0.29) is 23.3 Å². The Morgan fingerprint density at radius 1 is 1.06 bits per heavy atom. The van der Waals surface area contributed by atoms with Crippen LogP contribution in [0, 0.1) is 29.8 Å². The van der Waals surface area contributed by atoms with Crippen LogP contribution in [-0.2, 0) is 11.3 Å². The molecule has 0 atom stereocenters. The highest BCUT2D eigenvalue weighted by Crippen LogP contribution is 2.34. The second-order valence-corrected chi connectivity index (χ2v) is 8.32. The maximum Gasteiger partial charge on any atom is 0.293 e. The van der Waals surface area contributed by atoms with E-state index >= 15 is 0 Å². The number of nitro benzene ring substituents is 1. The summed E-state index contributed by atoms with van der Waals surface area (Å²) in [6.45, 7) is 3.85. The molecule has 0 aliphatic carbocycles. The number of rotatable bonds is 5. The summed E-state index contributed by atoms with van der Waals surface area (Å²) >= 11 is 0.864. The third-order valence-electron chi connectivity index (χ3n) is 5.20. The lowest BCUT2D eigenvalue weighted by atomic mass is 10.2. The van der Waals surface area contributed by atoms with E-state index in [2.05, 4.69) is 0 Å². The number of nitro groups is 1. The first-order valence-corrected chi connectivity index (χ1v) is 10.5. The van der Waals surface area contributed by atoms with Crippen molar-refractivity contribution in [1.82, 2.24) is 9.47 Å². The van der Waals surface area contributed by atoms with Crippen LogP contribution < -0.4 is 0 Å². The van der Waals surface area contributed by atoms with Gasteiger partial charge in [-0.25, -0.2) is 4.39 Å². The smallest absolute Gasteiger partial charge is 0.293 e. The molecule has 162 valence electrons. The molecule has 1 aromatic heterocycles. The van der Waals surface area contributed by atoms with Crippen LogP contribution in [-0.4, -0.2) is 25.5 Å². The van der Waals surface area contributed by atoms with Crippen LogP contribution in [0.2, 0.25) is 0 Å². The molecule has 3 aromatic rings. The van der Waals surface area contributed by atoms with Crippen molar-refractivity contribution < 1.29 is 18.9 Å². The summed E-state index contributed by atoms with van der Waals surface area (Å²) in [6, 6.07) is 13.8. The summed E-state index contributed by atoms with van der Waals surface area (Å²) in [5, 5.41) is 10.5. The quantitative estimate of drug-likeness (QED) is 0.295. The Bertz CT molecular complexity index is 1260. The highest BCUT2D eigenvalue weighted by molar-refractivity contribution is 8.18. The van der Waals surface area contributed by atoms with Crippen LogP contribution in [0.5, 0.6) is 0 Å². The third-order valence-corrected chi connectivity index (χ3v) is 6.11. The number of halogens is 1. The van der Waals surface area contributed by atoms with Gasteiger partial charge in [-0.1, -0.05) is 12.1 Å². The fourth-order valence-electron chi connectivity index (χ4n) is 3.60. The fourth-order valence-corrected chi connectivity index (χ4v) is 4.43. The molecule has 0 radical (unpaired) electrons. The molecule has 0 N–H and O–H groups in total. The first kappa shape index (κ1) is 21.5. The predicted molar refractivity (Wildman–Crippen MR) is 120 cm³/mol. The fraction of sp³-hybridized carbons (Fsp3) is 0.130. The summed E-state index contributed by atoms with van der Waals surface area (Å²) in [5.41, 5.74) is 3.91. The summed E-state index contributed by atoms with van der Waals surface area (Å²) in [7, 11) is 0. The zero-order valence-corrected chi connectivity index (χ0v) is 18.1. The van der Waals surface area contributed by atoms with E-state index in [0.717, 1.165) is 39.3 Å². The van der Waals surface area contributed by atoms with Gasteiger partial charge in [-0.05, 0) is 73.1 Å². The number of benzene rings is 2. The van der Waals surface area contributed by atoms with E-state index in [1.165, 1.54) is 24.3 Å². The molecule has 0 bridgehead atoms. The molecule has 0 saturated carbocycles. The number of imide groups is 1. The average molecular weight is 451 g/mol. The van der Waals surface area contributed by atoms with Gasteiger partial charge >= 0.3 is 0 Å². The number of non-ortho nitro benzene ring substituents is 1. The van der Waals surface area contributed by atoms with Gasteiger partial charge in [0.15, 0.2) is 0 Å². The molecule has 2 amide bonds. The molecule has 9 heteroatoms. The van der Waals surface area contributed by atoms with Crippen molar-refractivity contribution in [3.63, 3.8) is 0 Å². The van der Waals surface area contributed by atoms with Crippen LogP contribution in [0.1, 0.15) is 22.5 Å². The van der Waals surface area contributed by atoms with Gasteiger partial charge in [0.1, 0.15) is 5.82 Å². The van der Waals surface area contributed by atoms with Crippen LogP contribution >= 0.6 is 11.8 Å². The van der Waals surface area contributed by atoms with Crippen molar-refractivity contribution in [2.75, 3.05) is 0 Å². The third kappa shape index (κ3) is 4.06. The zero-order valence-electron chi connectivity index (χ0n) is 17.2.